The van der Waals surface area contributed by atoms with Crippen LogP contribution >= 0.6 is 0 Å². The first kappa shape index (κ1) is 11.5. The highest BCUT2D eigenvalue weighted by Crippen LogP contribution is 2.21. The van der Waals surface area contributed by atoms with Crippen molar-refractivity contribution in [3.8, 4) is 0 Å². The fourth-order valence-electron chi connectivity index (χ4n) is 1.93. The van der Waals surface area contributed by atoms with Crippen LogP contribution in [0.15, 0.2) is 21.9 Å². The molecule has 0 aromatic carbocycles. The summed E-state index contributed by atoms with van der Waals surface area (Å²) < 4.78 is 0. The third kappa shape index (κ3) is 1.75. The maximum atomic E-state index is 11.8. The van der Waals surface area contributed by atoms with Gasteiger partial charge in [0, 0.05) is 14.1 Å². The molecule has 2 rings (SSSR count). The van der Waals surface area contributed by atoms with Crippen LogP contribution in [0.4, 0.5) is 0 Å². The minimum absolute atomic E-state index is 0.120. The number of likely N-dealkylation sites (N-methyl/N-ethyl adjacent to an activating group) is 1. The molecule has 0 saturated carbocycles. The molecule has 0 spiro atoms. The van der Waals surface area contributed by atoms with E-state index in [1.165, 1.54) is 10.0 Å². The SMILES string of the molecule is CC1=NN(C)C(=O)/C1=C\C1C(=O)N(C)N=C1C. The van der Waals surface area contributed by atoms with Gasteiger partial charge in [0.25, 0.3) is 11.8 Å². The van der Waals surface area contributed by atoms with Crippen molar-refractivity contribution in [2.45, 2.75) is 13.8 Å². The summed E-state index contributed by atoms with van der Waals surface area (Å²) in [6.45, 7) is 3.53. The molecule has 1 atom stereocenters. The van der Waals surface area contributed by atoms with Gasteiger partial charge in [0.1, 0.15) is 0 Å². The normalized spacial score (nSPS) is 27.1. The average Bonchev–Trinajstić information content (AvgIpc) is 2.62. The van der Waals surface area contributed by atoms with Gasteiger partial charge in [-0.25, -0.2) is 10.0 Å². The van der Waals surface area contributed by atoms with Gasteiger partial charge >= 0.3 is 0 Å². The lowest BCUT2D eigenvalue weighted by atomic mass is 9.99. The summed E-state index contributed by atoms with van der Waals surface area (Å²) in [6, 6.07) is 0. The molecule has 0 saturated heterocycles. The van der Waals surface area contributed by atoms with Crippen molar-refractivity contribution < 1.29 is 9.59 Å². The van der Waals surface area contributed by atoms with Crippen LogP contribution in [-0.2, 0) is 9.59 Å². The lowest BCUT2D eigenvalue weighted by molar-refractivity contribution is -0.129. The molecule has 1 unspecified atom stereocenters. The van der Waals surface area contributed by atoms with Crippen molar-refractivity contribution in [1.29, 1.82) is 0 Å². The van der Waals surface area contributed by atoms with E-state index in [1.807, 2.05) is 0 Å². The Morgan fingerprint density at radius 3 is 2.18 bits per heavy atom. The van der Waals surface area contributed by atoms with Gasteiger partial charge in [-0.2, -0.15) is 10.2 Å². The van der Waals surface area contributed by atoms with Crippen molar-refractivity contribution >= 4 is 23.2 Å². The predicted octanol–water partition coefficient (Wildman–Crippen LogP) is 0.225. The lowest BCUT2D eigenvalue weighted by Crippen LogP contribution is -2.24. The molecule has 0 fully saturated rings. The molecule has 2 aliphatic heterocycles. The maximum absolute atomic E-state index is 11.8. The monoisotopic (exact) mass is 234 g/mol. The van der Waals surface area contributed by atoms with Crippen LogP contribution in [-0.4, -0.2) is 47.4 Å². The number of nitrogens with zero attached hydrogens (tertiary/aromatic N) is 4. The molecule has 2 heterocycles. The Morgan fingerprint density at radius 2 is 1.76 bits per heavy atom. The number of hydrogen-bond acceptors (Lipinski definition) is 4. The molecule has 0 aliphatic carbocycles. The molecule has 0 N–H and O–H groups in total. The van der Waals surface area contributed by atoms with Gasteiger partial charge in [-0.3, -0.25) is 9.59 Å². The van der Waals surface area contributed by atoms with E-state index in [4.69, 9.17) is 0 Å². The van der Waals surface area contributed by atoms with Gasteiger partial charge in [0.2, 0.25) is 0 Å². The molecule has 0 aromatic rings. The molecule has 2 amide bonds. The predicted molar refractivity (Wildman–Crippen MR) is 63.3 cm³/mol. The number of hydrogen-bond donors (Lipinski definition) is 0. The minimum Gasteiger partial charge on any atom is -0.272 e. The van der Waals surface area contributed by atoms with Crippen LogP contribution in [0.1, 0.15) is 13.8 Å². The first-order chi connectivity index (χ1) is 7.91. The van der Waals surface area contributed by atoms with Crippen molar-refractivity contribution in [2.75, 3.05) is 14.1 Å². The van der Waals surface area contributed by atoms with Crippen LogP contribution < -0.4 is 0 Å². The quantitative estimate of drug-likeness (QED) is 0.609. The van der Waals surface area contributed by atoms with Crippen LogP contribution in [0.25, 0.3) is 0 Å². The number of carbonyl (C=O) groups excluding carboxylic acids is 2. The maximum Gasteiger partial charge on any atom is 0.275 e. The molecule has 6 heteroatoms. The van der Waals surface area contributed by atoms with E-state index in [1.54, 1.807) is 34.0 Å². The highest BCUT2D eigenvalue weighted by molar-refractivity contribution is 6.24. The first-order valence-electron chi connectivity index (χ1n) is 5.30. The summed E-state index contributed by atoms with van der Waals surface area (Å²) in [5.74, 6) is -0.751. The van der Waals surface area contributed by atoms with Crippen LogP contribution in [0.2, 0.25) is 0 Å². The first-order valence-corrected chi connectivity index (χ1v) is 5.30. The fourth-order valence-corrected chi connectivity index (χ4v) is 1.93. The van der Waals surface area contributed by atoms with Crippen molar-refractivity contribution in [3.63, 3.8) is 0 Å². The number of amides is 2. The van der Waals surface area contributed by atoms with Crippen molar-refractivity contribution in [1.82, 2.24) is 10.0 Å². The zero-order valence-electron chi connectivity index (χ0n) is 10.3. The van der Waals surface area contributed by atoms with Gasteiger partial charge in [-0.15, -0.1) is 0 Å². The second kappa shape index (κ2) is 3.80. The smallest absolute Gasteiger partial charge is 0.272 e. The van der Waals surface area contributed by atoms with E-state index < -0.39 is 5.92 Å². The third-order valence-corrected chi connectivity index (χ3v) is 2.89. The highest BCUT2D eigenvalue weighted by atomic mass is 16.2. The number of carbonyl (C=O) groups is 2. The molecular formula is C11H14N4O2. The Labute approximate surface area is 99.3 Å². The average molecular weight is 234 g/mol. The number of rotatable bonds is 1. The zero-order valence-corrected chi connectivity index (χ0v) is 10.3. The fraction of sp³-hybridized carbons (Fsp3) is 0.455. The van der Waals surface area contributed by atoms with Gasteiger partial charge in [0.05, 0.1) is 22.9 Å². The van der Waals surface area contributed by atoms with E-state index in [0.29, 0.717) is 17.0 Å². The van der Waals surface area contributed by atoms with E-state index in [9.17, 15) is 9.59 Å². The molecule has 2 aliphatic rings. The minimum atomic E-state index is -0.449. The van der Waals surface area contributed by atoms with E-state index in [2.05, 4.69) is 10.2 Å². The van der Waals surface area contributed by atoms with Crippen molar-refractivity contribution in [2.24, 2.45) is 16.1 Å². The van der Waals surface area contributed by atoms with E-state index in [-0.39, 0.29) is 11.8 Å². The molecular weight excluding hydrogens is 220 g/mol. The largest absolute Gasteiger partial charge is 0.275 e. The van der Waals surface area contributed by atoms with E-state index in [0.717, 1.165) is 0 Å². The van der Waals surface area contributed by atoms with Gasteiger partial charge in [-0.05, 0) is 13.8 Å². The summed E-state index contributed by atoms with van der Waals surface area (Å²) in [6.07, 6.45) is 1.65. The Bertz CT molecular complexity index is 490. The molecule has 0 bridgehead atoms. The van der Waals surface area contributed by atoms with E-state index >= 15 is 0 Å². The highest BCUT2D eigenvalue weighted by Gasteiger charge is 2.33. The summed E-state index contributed by atoms with van der Waals surface area (Å²) in [5.41, 5.74) is 1.81. The summed E-state index contributed by atoms with van der Waals surface area (Å²) in [5, 5.41) is 10.7. The zero-order chi connectivity index (χ0) is 12.7. The van der Waals surface area contributed by atoms with Crippen LogP contribution in [0.5, 0.6) is 0 Å². The summed E-state index contributed by atoms with van der Waals surface area (Å²) >= 11 is 0. The van der Waals surface area contributed by atoms with Gasteiger partial charge < -0.3 is 0 Å². The Balaban J connectivity index is 2.33. The molecule has 0 aromatic heterocycles. The lowest BCUT2D eigenvalue weighted by Gasteiger charge is -2.07. The second-order valence-electron chi connectivity index (χ2n) is 4.18. The summed E-state index contributed by atoms with van der Waals surface area (Å²) in [7, 11) is 3.20. The third-order valence-electron chi connectivity index (χ3n) is 2.89. The van der Waals surface area contributed by atoms with Crippen molar-refractivity contribution in [3.05, 3.63) is 11.6 Å². The molecule has 17 heavy (non-hydrogen) atoms. The number of hydrazone groups is 2. The Hall–Kier alpha value is -1.98. The summed E-state index contributed by atoms with van der Waals surface area (Å²) in [4.78, 5) is 23.6. The topological polar surface area (TPSA) is 65.3 Å². The molecule has 6 nitrogen and oxygen atoms in total. The molecule has 90 valence electrons. The van der Waals surface area contributed by atoms with Crippen LogP contribution in [0.3, 0.4) is 0 Å². The molecule has 0 radical (unpaired) electrons. The Kier molecular flexibility index (Phi) is 2.57. The second-order valence-corrected chi connectivity index (χ2v) is 4.18. The standard InChI is InChI=1S/C11H14N4O2/c1-6-8(10(16)14(3)12-6)5-9-7(2)13-15(4)11(9)17/h5,8H,1-4H3/b9-5-. The van der Waals surface area contributed by atoms with Gasteiger partial charge in [0.15, 0.2) is 0 Å². The van der Waals surface area contributed by atoms with Gasteiger partial charge in [-0.1, -0.05) is 6.08 Å². The Morgan fingerprint density at radius 1 is 1.12 bits per heavy atom. The van der Waals surface area contributed by atoms with Crippen LogP contribution in [0, 0.1) is 5.92 Å².